The van der Waals surface area contributed by atoms with Crippen molar-refractivity contribution in [2.75, 3.05) is 105 Å². The Morgan fingerprint density at radius 2 is 0.898 bits per heavy atom. The molecule has 7 aromatic heterocycles. The smallest absolute Gasteiger partial charge is 0.266 e. The molecule has 722 valence electrons. The number of thioether (sulfide) groups is 1. The number of ketones is 1. The van der Waals surface area contributed by atoms with Crippen LogP contribution in [0.5, 0.6) is 0 Å². The quantitative estimate of drug-likeness (QED) is 0.0564. The van der Waals surface area contributed by atoms with Crippen molar-refractivity contribution in [1.82, 2.24) is 63.5 Å². The normalized spacial score (nSPS) is 17.8. The topological polar surface area (TPSA) is 397 Å². The standard InChI is InChI=1S/C21H26ClN5OS.C21H26ClN5O.C20H24N4OS.C19H23ClN6OS.C19H22ClN5O/c1-13-5-4-6-15(17(13)22)29-18-16-14(11-24-18)25-20(26(3)19(16)28)27-9-7-21(2,12-23)8-10-27;1-13-5-4-6-14(17(13)22)18-16-15(11-24-18)25-20(26(3)19(16)28)27-9-7-21(2,12-23)8-10-27;1-13-6-4-5-7-14(13)15-12-26-17-16(15)18(25)23(3)19(22-17)24-10-8-20(2,21)9-11-24;1-19(11-21)6-8-26(9-7-19)18-22-15-14(17(27)25(18)2)16(24-23-15)28-13-5-3-4-12(20)10-13;1-11-4-3-5-12(16(11)20)17-15-13(26)10-14(22-18(15)24-23-17)25-8-6-19(2,21)7-9-25/h4-6H,7-12,23H2,1-3H3;4-6H,7-12,23H2,1-3H3;4-7,12H,8-11,21H2,1-3H3;3-5,10H,6-9,11,21H2,1-2H3,(H,23,24);3-5H,6-10,21H2,1-2H3,(H,23,24). The number of aromatic nitrogens is 12. The van der Waals surface area contributed by atoms with Crippen LogP contribution in [0, 0.1) is 43.9 Å². The Balaban J connectivity index is 0.000000124. The first-order valence-corrected chi connectivity index (χ1v) is 50.6. The number of Topliss-reactive ketones (excluding diaryl/α,β-unsaturated/α-hetero) is 1. The highest BCUT2D eigenvalue weighted by Gasteiger charge is 2.39. The number of aliphatic imine (C=N–C) groups is 3. The van der Waals surface area contributed by atoms with Crippen LogP contribution < -0.4 is 70.5 Å². The molecule has 8 aliphatic rings. The van der Waals surface area contributed by atoms with Gasteiger partial charge >= 0.3 is 0 Å². The number of carbonyl (C=O) groups excluding carboxylic acids is 1. The minimum absolute atomic E-state index is 0.0191. The number of carbonyl (C=O) groups is 1. The van der Waals surface area contributed by atoms with Crippen LogP contribution in [0.15, 0.2) is 157 Å². The van der Waals surface area contributed by atoms with E-state index in [2.05, 4.69) is 119 Å². The van der Waals surface area contributed by atoms with Gasteiger partial charge in [-0.1, -0.05) is 170 Å². The average Bonchev–Trinajstić information content (AvgIpc) is 1.32. The summed E-state index contributed by atoms with van der Waals surface area (Å²) in [5, 5.41) is 21.7. The Morgan fingerprint density at radius 3 is 1.45 bits per heavy atom. The second-order valence-electron chi connectivity index (χ2n) is 39.1. The van der Waals surface area contributed by atoms with E-state index in [9.17, 15) is 24.0 Å². The van der Waals surface area contributed by atoms with Crippen LogP contribution in [-0.2, 0) is 41.3 Å². The second kappa shape index (κ2) is 40.8. The summed E-state index contributed by atoms with van der Waals surface area (Å²) in [6.45, 7) is 30.0. The molecule has 0 saturated carbocycles. The summed E-state index contributed by atoms with van der Waals surface area (Å²) in [7, 11) is 7.17. The number of aromatic amines is 2. The van der Waals surface area contributed by atoms with Gasteiger partial charge in [-0.2, -0.15) is 15.2 Å². The van der Waals surface area contributed by atoms with E-state index in [0.29, 0.717) is 114 Å². The number of nitrogens with one attached hydrogen (secondary N) is 2. The third kappa shape index (κ3) is 21.0. The molecule has 12 aromatic rings. The highest BCUT2D eigenvalue weighted by molar-refractivity contribution is 8.14. The van der Waals surface area contributed by atoms with E-state index in [1.807, 2.05) is 119 Å². The third-order valence-electron chi connectivity index (χ3n) is 28.4. The van der Waals surface area contributed by atoms with Crippen LogP contribution in [0.1, 0.15) is 166 Å². The lowest BCUT2D eigenvalue weighted by Crippen LogP contribution is -2.50. The molecule has 12 N–H and O–H groups in total. The number of anilines is 4. The van der Waals surface area contributed by atoms with Gasteiger partial charge in [0.25, 0.3) is 22.2 Å². The van der Waals surface area contributed by atoms with Crippen molar-refractivity contribution in [3.8, 4) is 22.4 Å². The number of amidine groups is 1. The molecular formula is C100H121Cl4N25O5S3. The number of hydrogen-bond donors (Lipinski definition) is 7. The zero-order valence-electron chi connectivity index (χ0n) is 80.0. The highest BCUT2D eigenvalue weighted by atomic mass is 35.5. The number of benzene rings is 5. The molecule has 5 fully saturated rings. The maximum atomic E-state index is 13.2. The van der Waals surface area contributed by atoms with Crippen molar-refractivity contribution in [2.24, 2.45) is 88.1 Å². The first-order valence-electron chi connectivity index (χ1n) is 46.6. The summed E-state index contributed by atoms with van der Waals surface area (Å²) in [6, 6.07) is 33.1. The number of H-pyrrole nitrogens is 2. The minimum atomic E-state index is -0.137. The van der Waals surface area contributed by atoms with E-state index in [-0.39, 0.29) is 61.8 Å². The predicted octanol–water partition coefficient (Wildman–Crippen LogP) is 15.8. The largest absolute Gasteiger partial charge is 0.359 e. The Morgan fingerprint density at radius 1 is 0.445 bits per heavy atom. The van der Waals surface area contributed by atoms with Crippen LogP contribution in [-0.4, -0.2) is 182 Å². The molecule has 0 atom stereocenters. The molecule has 0 spiro atoms. The molecule has 5 saturated heterocycles. The number of halogens is 4. The molecule has 8 aliphatic heterocycles. The van der Waals surface area contributed by atoms with Crippen molar-refractivity contribution >= 4 is 154 Å². The van der Waals surface area contributed by atoms with Gasteiger partial charge in [-0.15, -0.1) is 11.3 Å². The van der Waals surface area contributed by atoms with Gasteiger partial charge in [0.2, 0.25) is 23.8 Å². The third-order valence-corrected chi connectivity index (χ3v) is 33.2. The van der Waals surface area contributed by atoms with E-state index >= 15 is 0 Å². The van der Waals surface area contributed by atoms with E-state index in [1.54, 1.807) is 50.7 Å². The SMILES string of the molecule is Cc1cccc(-c2[nH]nc3c2C(=O)CC(N2CCC(C)(N)CC2)=N3)c1Cl.Cc1cccc(C2=NCc3nc(N4CCC(C)(CN)CC4)n(C)c(=O)c32)c1Cl.Cc1cccc(SC2=NCc3nc(N4CCC(C)(CN)CC4)n(C)c(=O)c32)c1Cl.Cc1ccccc1-c1csc2nc(N3CCC(C)(N)CC3)n(C)c(=O)c12.Cn1c(N2CCC(C)(CN)CC2)nc2[nH]nc(Sc3cccc(Cl)c3)c2c1=O. The maximum Gasteiger partial charge on any atom is 0.266 e. The molecule has 137 heavy (non-hydrogen) atoms. The predicted molar refractivity (Wildman–Crippen MR) is 560 cm³/mol. The molecule has 0 bridgehead atoms. The number of likely N-dealkylation sites (tertiary alicyclic amines) is 1. The summed E-state index contributed by atoms with van der Waals surface area (Å²) < 4.78 is 6.61. The van der Waals surface area contributed by atoms with Gasteiger partial charge in [0.1, 0.15) is 26.1 Å². The van der Waals surface area contributed by atoms with Gasteiger partial charge in [-0.3, -0.25) is 62.4 Å². The summed E-state index contributed by atoms with van der Waals surface area (Å²) in [5.74, 6) is 4.11. The number of nitrogens with zero attached hydrogens (tertiary/aromatic N) is 18. The summed E-state index contributed by atoms with van der Waals surface area (Å²) >= 11 is 29.8. The minimum Gasteiger partial charge on any atom is -0.359 e. The summed E-state index contributed by atoms with van der Waals surface area (Å²) in [6.07, 6.45) is 9.82. The average molecular weight is 1990 g/mol. The van der Waals surface area contributed by atoms with Gasteiger partial charge < -0.3 is 53.2 Å². The van der Waals surface area contributed by atoms with E-state index < -0.39 is 0 Å². The van der Waals surface area contributed by atoms with Crippen molar-refractivity contribution < 1.29 is 4.79 Å². The zero-order valence-corrected chi connectivity index (χ0v) is 85.5. The Hall–Kier alpha value is -10.4. The molecule has 15 heterocycles. The van der Waals surface area contributed by atoms with Gasteiger partial charge in [0, 0.05) is 142 Å². The van der Waals surface area contributed by atoms with E-state index in [4.69, 9.17) is 95.0 Å². The highest BCUT2D eigenvalue weighted by Crippen LogP contribution is 2.43. The number of aryl methyl sites for hydroxylation is 4. The second-order valence-corrected chi connectivity index (χ2v) is 43.6. The van der Waals surface area contributed by atoms with Crippen molar-refractivity contribution in [2.45, 2.75) is 172 Å². The Labute approximate surface area is 829 Å². The molecular weight excluding hydrogens is 1870 g/mol. The molecule has 0 aliphatic carbocycles. The number of thiophene rings is 1. The molecule has 37 heteroatoms. The van der Waals surface area contributed by atoms with Crippen molar-refractivity contribution in [3.63, 3.8) is 0 Å². The number of fused-ring (bicyclic) bond motifs is 5. The van der Waals surface area contributed by atoms with Crippen LogP contribution in [0.25, 0.3) is 43.6 Å². The molecule has 0 unspecified atom stereocenters. The lowest BCUT2D eigenvalue weighted by Gasteiger charge is -2.39. The van der Waals surface area contributed by atoms with Gasteiger partial charge in [-0.05, 0) is 194 Å². The zero-order chi connectivity index (χ0) is 97.6. The lowest BCUT2D eigenvalue weighted by molar-refractivity contribution is 0.0995. The fourth-order valence-electron chi connectivity index (χ4n) is 18.5. The fourth-order valence-corrected chi connectivity index (χ4v) is 22.3. The number of hydrogen-bond acceptors (Lipinski definition) is 27. The van der Waals surface area contributed by atoms with E-state index in [0.717, 1.165) is 229 Å². The maximum absolute atomic E-state index is 13.2. The van der Waals surface area contributed by atoms with Crippen LogP contribution >= 0.6 is 81.3 Å². The van der Waals surface area contributed by atoms with Gasteiger partial charge in [-0.25, -0.2) is 19.9 Å². The molecule has 20 rings (SSSR count). The number of rotatable bonds is 13. The summed E-state index contributed by atoms with van der Waals surface area (Å²) in [5.41, 5.74) is 43.0. The van der Waals surface area contributed by atoms with Crippen LogP contribution in [0.4, 0.5) is 29.6 Å². The van der Waals surface area contributed by atoms with Crippen molar-refractivity contribution in [3.05, 3.63) is 226 Å². The molecule has 30 nitrogen and oxygen atoms in total. The van der Waals surface area contributed by atoms with Crippen LogP contribution in [0.3, 0.4) is 0 Å². The fraction of sp³-hybridized carbons (Fsp3) is 0.440. The van der Waals surface area contributed by atoms with Gasteiger partial charge in [0.05, 0.1) is 79.4 Å². The van der Waals surface area contributed by atoms with E-state index in [1.165, 1.54) is 23.5 Å². The van der Waals surface area contributed by atoms with Crippen molar-refractivity contribution in [1.29, 1.82) is 0 Å². The number of nitrogens with two attached hydrogens (primary N) is 5. The molecule has 0 radical (unpaired) electrons. The first-order chi connectivity index (χ1) is 65.3. The summed E-state index contributed by atoms with van der Waals surface area (Å²) in [4.78, 5) is 112. The Kier molecular flexibility index (Phi) is 29.7. The monoisotopic (exact) mass is 1990 g/mol. The van der Waals surface area contributed by atoms with Gasteiger partial charge in [0.15, 0.2) is 17.2 Å². The molecule has 5 aromatic carbocycles. The lowest BCUT2D eigenvalue weighted by atomic mass is 9.81. The Bertz CT molecular complexity index is 6970. The number of piperidine rings is 5. The van der Waals surface area contributed by atoms with Crippen LogP contribution in [0.2, 0.25) is 20.1 Å². The first kappa shape index (κ1) is 99.6. The molecule has 0 amide bonds.